The molecule has 0 bridgehead atoms. The van der Waals surface area contributed by atoms with E-state index in [2.05, 4.69) is 10.6 Å². The van der Waals surface area contributed by atoms with Crippen molar-refractivity contribution < 1.29 is 14.0 Å². The van der Waals surface area contributed by atoms with Crippen LogP contribution < -0.4 is 16.4 Å². The zero-order valence-corrected chi connectivity index (χ0v) is 13.5. The van der Waals surface area contributed by atoms with Crippen molar-refractivity contribution in [3.05, 3.63) is 64.9 Å². The van der Waals surface area contributed by atoms with Crippen LogP contribution in [-0.4, -0.2) is 18.5 Å². The van der Waals surface area contributed by atoms with E-state index in [4.69, 9.17) is 17.3 Å². The Hall–Kier alpha value is -2.60. The molecule has 0 saturated carbocycles. The summed E-state index contributed by atoms with van der Waals surface area (Å²) in [6.07, 6.45) is 0.308. The van der Waals surface area contributed by atoms with Crippen molar-refractivity contribution in [2.45, 2.75) is 6.42 Å². The maximum absolute atomic E-state index is 12.9. The van der Waals surface area contributed by atoms with E-state index >= 15 is 0 Å². The molecule has 0 aliphatic carbocycles. The molecular formula is C17H17ClFN3O2. The van der Waals surface area contributed by atoms with E-state index in [9.17, 15) is 14.0 Å². The number of nitrogens with two attached hydrogens (primary N) is 1. The van der Waals surface area contributed by atoms with Gasteiger partial charge in [-0.1, -0.05) is 35.9 Å². The Morgan fingerprint density at radius 3 is 2.42 bits per heavy atom. The fourth-order valence-corrected chi connectivity index (χ4v) is 2.31. The Bertz CT molecular complexity index is 722. The van der Waals surface area contributed by atoms with Gasteiger partial charge in [0.2, 0.25) is 5.91 Å². The van der Waals surface area contributed by atoms with E-state index in [0.717, 1.165) is 5.56 Å². The molecule has 24 heavy (non-hydrogen) atoms. The Kier molecular flexibility index (Phi) is 6.14. The second-order valence-corrected chi connectivity index (χ2v) is 5.65. The minimum Gasteiger partial charge on any atom is -0.369 e. The van der Waals surface area contributed by atoms with Crippen LogP contribution in [0.5, 0.6) is 0 Å². The molecule has 0 spiro atoms. The van der Waals surface area contributed by atoms with Crippen LogP contribution in [0.4, 0.5) is 14.9 Å². The summed E-state index contributed by atoms with van der Waals surface area (Å²) in [6, 6.07) is 12.1. The number of carbonyl (C=O) groups is 2. The first kappa shape index (κ1) is 17.7. The predicted octanol–water partition coefficient (Wildman–Crippen LogP) is 2.94. The van der Waals surface area contributed by atoms with Gasteiger partial charge in [-0.2, -0.15) is 0 Å². The number of urea groups is 1. The number of rotatable bonds is 6. The van der Waals surface area contributed by atoms with Crippen molar-refractivity contribution in [3.63, 3.8) is 0 Å². The molecule has 2 aromatic carbocycles. The van der Waals surface area contributed by atoms with Crippen molar-refractivity contribution >= 4 is 29.2 Å². The standard InChI is InChI=1S/C17H17ClFN3O2/c18-14-3-1-2-4-15(14)22-17(24)21-10-12(16(20)23)9-11-5-7-13(19)8-6-11/h1-8,12H,9-10H2,(H2,20,23)(H2,21,22,24). The Morgan fingerprint density at radius 1 is 1.12 bits per heavy atom. The smallest absolute Gasteiger partial charge is 0.319 e. The van der Waals surface area contributed by atoms with Crippen molar-refractivity contribution in [2.75, 3.05) is 11.9 Å². The lowest BCUT2D eigenvalue weighted by Gasteiger charge is -2.15. The maximum atomic E-state index is 12.9. The number of amides is 3. The molecule has 0 aromatic heterocycles. The quantitative estimate of drug-likeness (QED) is 0.749. The first-order chi connectivity index (χ1) is 11.5. The fourth-order valence-electron chi connectivity index (χ4n) is 2.12. The normalized spacial score (nSPS) is 11.6. The first-order valence-corrected chi connectivity index (χ1v) is 7.66. The minimum absolute atomic E-state index is 0.0585. The summed E-state index contributed by atoms with van der Waals surface area (Å²) in [6.45, 7) is 0.0585. The number of primary amides is 1. The summed E-state index contributed by atoms with van der Waals surface area (Å²) in [5.74, 6) is -1.50. The van der Waals surface area contributed by atoms with Gasteiger partial charge in [-0.05, 0) is 36.2 Å². The first-order valence-electron chi connectivity index (χ1n) is 7.29. The largest absolute Gasteiger partial charge is 0.369 e. The third-order valence-corrected chi connectivity index (χ3v) is 3.76. The lowest BCUT2D eigenvalue weighted by Crippen LogP contribution is -2.39. The van der Waals surface area contributed by atoms with Crippen molar-refractivity contribution in [3.8, 4) is 0 Å². The van der Waals surface area contributed by atoms with Crippen molar-refractivity contribution in [1.82, 2.24) is 5.32 Å². The second-order valence-electron chi connectivity index (χ2n) is 5.24. The number of halogens is 2. The van der Waals surface area contributed by atoms with Gasteiger partial charge in [0, 0.05) is 6.54 Å². The lowest BCUT2D eigenvalue weighted by atomic mass is 9.98. The molecule has 3 amide bonds. The lowest BCUT2D eigenvalue weighted by molar-refractivity contribution is -0.121. The molecule has 0 fully saturated rings. The van der Waals surface area contributed by atoms with Gasteiger partial charge in [-0.25, -0.2) is 9.18 Å². The zero-order chi connectivity index (χ0) is 17.5. The van der Waals surface area contributed by atoms with Crippen molar-refractivity contribution in [1.29, 1.82) is 0 Å². The Labute approximate surface area is 144 Å². The number of carbonyl (C=O) groups excluding carboxylic acids is 2. The number of hydrogen-bond donors (Lipinski definition) is 3. The van der Waals surface area contributed by atoms with E-state index < -0.39 is 17.9 Å². The third-order valence-electron chi connectivity index (χ3n) is 3.43. The van der Waals surface area contributed by atoms with E-state index in [-0.39, 0.29) is 12.4 Å². The van der Waals surface area contributed by atoms with Gasteiger partial charge in [0.15, 0.2) is 0 Å². The summed E-state index contributed by atoms with van der Waals surface area (Å²) in [5, 5.41) is 5.59. The highest BCUT2D eigenvalue weighted by Crippen LogP contribution is 2.20. The summed E-state index contributed by atoms with van der Waals surface area (Å²) >= 11 is 5.95. The number of hydrogen-bond acceptors (Lipinski definition) is 2. The van der Waals surface area contributed by atoms with Crippen LogP contribution in [-0.2, 0) is 11.2 Å². The molecular weight excluding hydrogens is 333 g/mol. The maximum Gasteiger partial charge on any atom is 0.319 e. The van der Waals surface area contributed by atoms with Gasteiger partial charge >= 0.3 is 6.03 Å². The van der Waals surface area contributed by atoms with Gasteiger partial charge in [0.1, 0.15) is 5.82 Å². The molecule has 0 radical (unpaired) electrons. The van der Waals surface area contributed by atoms with E-state index in [1.807, 2.05) is 0 Å². The molecule has 0 aliphatic rings. The van der Waals surface area contributed by atoms with Crippen LogP contribution in [0.25, 0.3) is 0 Å². The number of para-hydroxylation sites is 1. The topological polar surface area (TPSA) is 84.2 Å². The summed E-state index contributed by atoms with van der Waals surface area (Å²) in [5.41, 5.74) is 6.59. The van der Waals surface area contributed by atoms with Crippen LogP contribution in [0.2, 0.25) is 5.02 Å². The van der Waals surface area contributed by atoms with E-state index in [1.165, 1.54) is 12.1 Å². The zero-order valence-electron chi connectivity index (χ0n) is 12.8. The van der Waals surface area contributed by atoms with E-state index in [0.29, 0.717) is 17.1 Å². The Morgan fingerprint density at radius 2 is 1.79 bits per heavy atom. The highest BCUT2D eigenvalue weighted by molar-refractivity contribution is 6.33. The molecule has 2 aromatic rings. The molecule has 0 saturated heterocycles. The number of anilines is 1. The summed E-state index contributed by atoms with van der Waals surface area (Å²) < 4.78 is 12.9. The molecule has 126 valence electrons. The van der Waals surface area contributed by atoms with Crippen LogP contribution in [0.1, 0.15) is 5.56 Å². The molecule has 1 atom stereocenters. The molecule has 0 heterocycles. The number of nitrogens with one attached hydrogen (secondary N) is 2. The molecule has 1 unspecified atom stereocenters. The van der Waals surface area contributed by atoms with Gasteiger partial charge < -0.3 is 16.4 Å². The molecule has 5 nitrogen and oxygen atoms in total. The van der Waals surface area contributed by atoms with Gasteiger partial charge in [-0.3, -0.25) is 4.79 Å². The van der Waals surface area contributed by atoms with E-state index in [1.54, 1.807) is 36.4 Å². The van der Waals surface area contributed by atoms with Gasteiger partial charge in [0.05, 0.1) is 16.6 Å². The monoisotopic (exact) mass is 349 g/mol. The number of benzene rings is 2. The van der Waals surface area contributed by atoms with Crippen LogP contribution >= 0.6 is 11.6 Å². The predicted molar refractivity (Wildman–Crippen MR) is 91.3 cm³/mol. The minimum atomic E-state index is -0.604. The third kappa shape index (κ3) is 5.24. The van der Waals surface area contributed by atoms with Crippen LogP contribution in [0.15, 0.2) is 48.5 Å². The molecule has 7 heteroatoms. The Balaban J connectivity index is 1.91. The molecule has 2 rings (SSSR count). The SMILES string of the molecule is NC(=O)C(CNC(=O)Nc1ccccc1Cl)Cc1ccc(F)cc1. The van der Waals surface area contributed by atoms with Gasteiger partial charge in [-0.15, -0.1) is 0 Å². The average molecular weight is 350 g/mol. The summed E-state index contributed by atoms with van der Waals surface area (Å²) in [4.78, 5) is 23.5. The molecule has 4 N–H and O–H groups in total. The van der Waals surface area contributed by atoms with Crippen LogP contribution in [0.3, 0.4) is 0 Å². The van der Waals surface area contributed by atoms with Gasteiger partial charge in [0.25, 0.3) is 0 Å². The van der Waals surface area contributed by atoms with Crippen LogP contribution in [0, 0.1) is 11.7 Å². The highest BCUT2D eigenvalue weighted by Gasteiger charge is 2.17. The highest BCUT2D eigenvalue weighted by atomic mass is 35.5. The summed E-state index contributed by atoms with van der Waals surface area (Å²) in [7, 11) is 0. The second kappa shape index (κ2) is 8.31. The molecule has 0 aliphatic heterocycles. The fraction of sp³-hybridized carbons (Fsp3) is 0.176. The average Bonchev–Trinajstić information content (AvgIpc) is 2.55. The van der Waals surface area contributed by atoms with Crippen molar-refractivity contribution in [2.24, 2.45) is 11.7 Å².